The molecule has 2 heterocycles. The zero-order chi connectivity index (χ0) is 14.5. The van der Waals surface area contributed by atoms with Gasteiger partial charge in [0, 0.05) is 18.8 Å². The molecule has 0 amide bonds. The van der Waals surface area contributed by atoms with Crippen molar-refractivity contribution >= 4 is 11.8 Å². The van der Waals surface area contributed by atoms with E-state index in [1.165, 1.54) is 7.11 Å². The minimum atomic E-state index is -0.0890. The third kappa shape index (κ3) is 3.66. The first kappa shape index (κ1) is 14.7. The number of likely N-dealkylation sites (tertiary alicyclic amines) is 1. The van der Waals surface area contributed by atoms with E-state index in [9.17, 15) is 4.79 Å². The van der Waals surface area contributed by atoms with Crippen molar-refractivity contribution in [3.63, 3.8) is 0 Å². The van der Waals surface area contributed by atoms with Crippen LogP contribution in [0.25, 0.3) is 0 Å². The summed E-state index contributed by atoms with van der Waals surface area (Å²) >= 11 is 0. The number of ether oxygens (including phenoxy) is 1. The zero-order valence-corrected chi connectivity index (χ0v) is 12.3. The Morgan fingerprint density at radius 3 is 2.75 bits per heavy atom. The van der Waals surface area contributed by atoms with Gasteiger partial charge in [-0.1, -0.05) is 0 Å². The molecule has 0 atom stereocenters. The van der Waals surface area contributed by atoms with Gasteiger partial charge in [0.05, 0.1) is 19.6 Å². The molecule has 0 spiro atoms. The van der Waals surface area contributed by atoms with Crippen molar-refractivity contribution in [3.8, 4) is 0 Å². The minimum Gasteiger partial charge on any atom is -0.469 e. The van der Waals surface area contributed by atoms with E-state index in [-0.39, 0.29) is 11.9 Å². The molecular formula is C14H22N4O2. The fourth-order valence-electron chi connectivity index (χ4n) is 2.52. The smallest absolute Gasteiger partial charge is 0.308 e. The van der Waals surface area contributed by atoms with E-state index in [1.54, 1.807) is 0 Å². The highest BCUT2D eigenvalue weighted by molar-refractivity contribution is 5.72. The van der Waals surface area contributed by atoms with Gasteiger partial charge in [0.15, 0.2) is 0 Å². The Kier molecular flexibility index (Phi) is 4.89. The van der Waals surface area contributed by atoms with E-state index in [0.717, 1.165) is 49.8 Å². The van der Waals surface area contributed by atoms with E-state index in [0.29, 0.717) is 0 Å². The third-order valence-electron chi connectivity index (χ3n) is 3.64. The molecule has 0 unspecified atom stereocenters. The first-order chi connectivity index (χ1) is 9.62. The number of nitrogens with one attached hydrogen (secondary N) is 1. The quantitative estimate of drug-likeness (QED) is 0.835. The average Bonchev–Trinajstić information content (AvgIpc) is 2.46. The molecule has 1 aromatic heterocycles. The second-order valence-electron chi connectivity index (χ2n) is 5.13. The summed E-state index contributed by atoms with van der Waals surface area (Å²) in [6.07, 6.45) is 1.69. The third-order valence-corrected chi connectivity index (χ3v) is 3.64. The van der Waals surface area contributed by atoms with Crippen LogP contribution < -0.4 is 5.32 Å². The Bertz CT molecular complexity index is 470. The Balaban J connectivity index is 1.92. The molecule has 0 aliphatic carbocycles. The number of carbonyl (C=O) groups excluding carboxylic acids is 1. The predicted octanol–water partition coefficient (Wildman–Crippen LogP) is 1.21. The highest BCUT2D eigenvalue weighted by atomic mass is 16.5. The van der Waals surface area contributed by atoms with Crippen molar-refractivity contribution < 1.29 is 9.53 Å². The lowest BCUT2D eigenvalue weighted by Gasteiger charge is -2.30. The maximum absolute atomic E-state index is 11.5. The van der Waals surface area contributed by atoms with E-state index >= 15 is 0 Å². The number of aryl methyl sites for hydroxylation is 1. The molecule has 1 N–H and O–H groups in total. The second kappa shape index (κ2) is 6.65. The van der Waals surface area contributed by atoms with Gasteiger partial charge in [-0.25, -0.2) is 9.97 Å². The molecule has 0 saturated carbocycles. The Morgan fingerprint density at radius 1 is 1.45 bits per heavy atom. The van der Waals surface area contributed by atoms with Crippen molar-refractivity contribution in [1.29, 1.82) is 0 Å². The fraction of sp³-hybridized carbons (Fsp3) is 0.643. The maximum atomic E-state index is 11.5. The first-order valence-corrected chi connectivity index (χ1v) is 6.95. The summed E-state index contributed by atoms with van der Waals surface area (Å²) < 4.78 is 4.80. The lowest BCUT2D eigenvalue weighted by atomic mass is 9.97. The number of hydrogen-bond acceptors (Lipinski definition) is 6. The van der Waals surface area contributed by atoms with Gasteiger partial charge in [-0.3, -0.25) is 9.69 Å². The van der Waals surface area contributed by atoms with Crippen LogP contribution in [0.4, 0.5) is 5.82 Å². The summed E-state index contributed by atoms with van der Waals surface area (Å²) in [7, 11) is 3.31. The van der Waals surface area contributed by atoms with E-state index in [2.05, 4.69) is 20.2 Å². The molecule has 1 aromatic rings. The molecule has 0 aromatic carbocycles. The molecule has 20 heavy (non-hydrogen) atoms. The van der Waals surface area contributed by atoms with Crippen molar-refractivity contribution in [2.75, 3.05) is 32.6 Å². The van der Waals surface area contributed by atoms with Gasteiger partial charge in [0.1, 0.15) is 11.6 Å². The number of rotatable bonds is 4. The van der Waals surface area contributed by atoms with Crippen LogP contribution in [0.1, 0.15) is 24.4 Å². The molecule has 1 aliphatic rings. The topological polar surface area (TPSA) is 67.4 Å². The van der Waals surface area contributed by atoms with Crippen LogP contribution in [0.2, 0.25) is 0 Å². The number of hydrogen-bond donors (Lipinski definition) is 1. The predicted molar refractivity (Wildman–Crippen MR) is 76.3 cm³/mol. The van der Waals surface area contributed by atoms with Crippen molar-refractivity contribution in [1.82, 2.24) is 14.9 Å². The molecule has 1 fully saturated rings. The van der Waals surface area contributed by atoms with E-state index in [1.807, 2.05) is 20.0 Å². The van der Waals surface area contributed by atoms with Gasteiger partial charge in [-0.05, 0) is 32.9 Å². The number of nitrogens with zero attached hydrogens (tertiary/aromatic N) is 3. The summed E-state index contributed by atoms with van der Waals surface area (Å²) in [6.45, 7) is 4.46. The SMILES string of the molecule is CNc1cc(C)nc(CN2CCC(C(=O)OC)CC2)n1. The molecular weight excluding hydrogens is 256 g/mol. The van der Waals surface area contributed by atoms with E-state index in [4.69, 9.17) is 4.74 Å². The van der Waals surface area contributed by atoms with Gasteiger partial charge in [-0.15, -0.1) is 0 Å². The summed E-state index contributed by atoms with van der Waals surface area (Å²) in [4.78, 5) is 22.7. The molecule has 1 saturated heterocycles. The molecule has 0 bridgehead atoms. The first-order valence-electron chi connectivity index (χ1n) is 6.95. The maximum Gasteiger partial charge on any atom is 0.308 e. The summed E-state index contributed by atoms with van der Waals surface area (Å²) in [5, 5.41) is 3.04. The highest BCUT2D eigenvalue weighted by Gasteiger charge is 2.25. The number of methoxy groups -OCH3 is 1. The Labute approximate surface area is 119 Å². The van der Waals surface area contributed by atoms with Crippen LogP contribution in [0.5, 0.6) is 0 Å². The minimum absolute atomic E-state index is 0.0440. The van der Waals surface area contributed by atoms with Crippen molar-refractivity contribution in [2.24, 2.45) is 5.92 Å². The van der Waals surface area contributed by atoms with Crippen LogP contribution in [-0.2, 0) is 16.1 Å². The zero-order valence-electron chi connectivity index (χ0n) is 12.3. The van der Waals surface area contributed by atoms with Crippen LogP contribution in [0, 0.1) is 12.8 Å². The van der Waals surface area contributed by atoms with Gasteiger partial charge in [0.2, 0.25) is 0 Å². The molecule has 6 nitrogen and oxygen atoms in total. The van der Waals surface area contributed by atoms with Gasteiger partial charge in [-0.2, -0.15) is 0 Å². The molecule has 0 radical (unpaired) electrons. The fourth-order valence-corrected chi connectivity index (χ4v) is 2.52. The molecule has 1 aliphatic heterocycles. The van der Waals surface area contributed by atoms with Gasteiger partial charge in [0.25, 0.3) is 0 Å². The van der Waals surface area contributed by atoms with Crippen LogP contribution in [0.15, 0.2) is 6.07 Å². The standard InChI is InChI=1S/C14H22N4O2/c1-10-8-12(15-2)17-13(16-10)9-18-6-4-11(5-7-18)14(19)20-3/h8,11H,4-7,9H2,1-3H3,(H,15,16,17). The summed E-state index contributed by atoms with van der Waals surface area (Å²) in [5.74, 6) is 1.62. The summed E-state index contributed by atoms with van der Waals surface area (Å²) in [5.41, 5.74) is 0.962. The van der Waals surface area contributed by atoms with E-state index < -0.39 is 0 Å². The average molecular weight is 278 g/mol. The Hall–Kier alpha value is -1.69. The van der Waals surface area contributed by atoms with Crippen LogP contribution >= 0.6 is 0 Å². The highest BCUT2D eigenvalue weighted by Crippen LogP contribution is 2.19. The van der Waals surface area contributed by atoms with Gasteiger partial charge < -0.3 is 10.1 Å². The lowest BCUT2D eigenvalue weighted by molar-refractivity contribution is -0.147. The number of carbonyl (C=O) groups is 1. The largest absolute Gasteiger partial charge is 0.469 e. The molecule has 110 valence electrons. The van der Waals surface area contributed by atoms with Crippen molar-refractivity contribution in [3.05, 3.63) is 17.6 Å². The number of aromatic nitrogens is 2. The Morgan fingerprint density at radius 2 is 2.15 bits per heavy atom. The van der Waals surface area contributed by atoms with Crippen LogP contribution in [-0.4, -0.2) is 48.1 Å². The normalized spacial score (nSPS) is 16.9. The lowest BCUT2D eigenvalue weighted by Crippen LogP contribution is -2.36. The van der Waals surface area contributed by atoms with Gasteiger partial charge >= 0.3 is 5.97 Å². The van der Waals surface area contributed by atoms with Crippen LogP contribution in [0.3, 0.4) is 0 Å². The van der Waals surface area contributed by atoms with Crippen molar-refractivity contribution in [2.45, 2.75) is 26.3 Å². The molecule has 6 heteroatoms. The molecule has 2 rings (SSSR count). The summed E-state index contributed by atoms with van der Waals surface area (Å²) in [6, 6.07) is 1.92. The number of esters is 1. The number of piperidine rings is 1. The monoisotopic (exact) mass is 278 g/mol. The second-order valence-corrected chi connectivity index (χ2v) is 5.13. The number of anilines is 1.